The zero-order valence-electron chi connectivity index (χ0n) is 22.2. The van der Waals surface area contributed by atoms with Crippen molar-refractivity contribution in [2.24, 2.45) is 0 Å². The monoisotopic (exact) mass is 555 g/mol. The van der Waals surface area contributed by atoms with Crippen molar-refractivity contribution in [2.45, 2.75) is 47.6 Å². The fourth-order valence-electron chi connectivity index (χ4n) is 4.76. The number of ketones is 1. The third-order valence-corrected chi connectivity index (χ3v) is 7.91. The van der Waals surface area contributed by atoms with E-state index in [1.165, 1.54) is 4.90 Å². The number of carbonyl (C=O) groups is 4. The lowest BCUT2D eigenvalue weighted by Gasteiger charge is -2.40. The average Bonchev–Trinajstić information content (AvgIpc) is 2.94. The molecule has 0 saturated carbocycles. The van der Waals surface area contributed by atoms with Crippen LogP contribution in [0.3, 0.4) is 0 Å². The Morgan fingerprint density at radius 1 is 1.03 bits per heavy atom. The first-order valence-electron chi connectivity index (χ1n) is 13.1. The summed E-state index contributed by atoms with van der Waals surface area (Å²) < 4.78 is 13.4. The molecular formula is C28H34FN5O4S. The van der Waals surface area contributed by atoms with Crippen molar-refractivity contribution in [3.05, 3.63) is 48.5 Å². The molecule has 208 valence electrons. The van der Waals surface area contributed by atoms with Gasteiger partial charge in [-0.25, -0.2) is 9.18 Å². The number of rotatable bonds is 9. The molecule has 0 aromatic heterocycles. The van der Waals surface area contributed by atoms with E-state index in [2.05, 4.69) is 10.6 Å². The van der Waals surface area contributed by atoms with Gasteiger partial charge in [0.25, 0.3) is 0 Å². The number of fused-ring (bicyclic) bond motifs is 2. The molecule has 0 spiro atoms. The zero-order chi connectivity index (χ0) is 27.9. The first-order chi connectivity index (χ1) is 18.8. The zero-order valence-corrected chi connectivity index (χ0v) is 23.0. The molecule has 2 N–H and O–H groups in total. The van der Waals surface area contributed by atoms with Crippen LogP contribution >= 0.6 is 11.8 Å². The minimum Gasteiger partial charge on any atom is -0.355 e. The number of carbonyl (C=O) groups excluding carboxylic acids is 4. The number of amides is 4. The van der Waals surface area contributed by atoms with E-state index in [9.17, 15) is 23.6 Å². The van der Waals surface area contributed by atoms with Crippen LogP contribution in [-0.4, -0.2) is 85.9 Å². The first-order valence-corrected chi connectivity index (χ1v) is 13.9. The molecule has 9 nitrogen and oxygen atoms in total. The Hall–Kier alpha value is -3.44. The number of likely N-dealkylation sites (tertiary alicyclic amines) is 1. The standard InChI is InChI=1S/C28H34FN5O4S/c1-32(2)16-14-30-26(36)17-19(23(35)18-29)31-27(37)22-11-7-8-15-33(22)28(38)34-20-9-3-5-12-24(20)39-25-13-6-4-10-21(25)34/h3-6,9-10,12-13,19,22H,7-8,11,14-18H2,1-2H3,(H,30,36)(H,31,37). The molecule has 0 bridgehead atoms. The van der Waals surface area contributed by atoms with Crippen LogP contribution in [0.1, 0.15) is 25.7 Å². The van der Waals surface area contributed by atoms with Crippen LogP contribution < -0.4 is 15.5 Å². The summed E-state index contributed by atoms with van der Waals surface area (Å²) in [5.41, 5.74) is 1.46. The van der Waals surface area contributed by atoms with Gasteiger partial charge in [0, 0.05) is 29.4 Å². The minimum absolute atomic E-state index is 0.343. The van der Waals surface area contributed by atoms with Crippen molar-refractivity contribution in [3.8, 4) is 0 Å². The molecule has 4 amide bonds. The molecule has 39 heavy (non-hydrogen) atoms. The van der Waals surface area contributed by atoms with Gasteiger partial charge in [-0.2, -0.15) is 0 Å². The molecule has 0 aliphatic carbocycles. The minimum atomic E-state index is -1.31. The van der Waals surface area contributed by atoms with Gasteiger partial charge >= 0.3 is 6.03 Å². The smallest absolute Gasteiger partial charge is 0.329 e. The van der Waals surface area contributed by atoms with Gasteiger partial charge in [0.05, 0.1) is 23.8 Å². The Bertz CT molecular complexity index is 1180. The van der Waals surface area contributed by atoms with E-state index in [4.69, 9.17) is 0 Å². The summed E-state index contributed by atoms with van der Waals surface area (Å²) in [5.74, 6) is -1.90. The topological polar surface area (TPSA) is 102 Å². The second-order valence-electron chi connectivity index (χ2n) is 9.88. The summed E-state index contributed by atoms with van der Waals surface area (Å²) in [7, 11) is 3.72. The molecule has 1 fully saturated rings. The highest BCUT2D eigenvalue weighted by Crippen LogP contribution is 2.48. The molecule has 2 aliphatic rings. The van der Waals surface area contributed by atoms with Crippen LogP contribution in [-0.2, 0) is 14.4 Å². The number of piperidine rings is 1. The molecular weight excluding hydrogens is 521 g/mol. The molecule has 2 unspecified atom stereocenters. The summed E-state index contributed by atoms with van der Waals surface area (Å²) in [6, 6.07) is 12.7. The molecule has 2 atom stereocenters. The van der Waals surface area contributed by atoms with Crippen molar-refractivity contribution in [2.75, 3.05) is 45.3 Å². The number of Topliss-reactive ketones (excluding diaryl/α,β-unsaturated/α-hetero) is 1. The molecule has 2 aromatic carbocycles. The largest absolute Gasteiger partial charge is 0.355 e. The summed E-state index contributed by atoms with van der Waals surface area (Å²) in [6.45, 7) is 0.0123. The van der Waals surface area contributed by atoms with Crippen molar-refractivity contribution in [1.82, 2.24) is 20.4 Å². The van der Waals surface area contributed by atoms with E-state index in [1.54, 1.807) is 16.7 Å². The number of nitrogens with zero attached hydrogens (tertiary/aromatic N) is 3. The average molecular weight is 556 g/mol. The Kier molecular flexibility index (Phi) is 9.58. The first kappa shape index (κ1) is 28.6. The molecule has 1 saturated heterocycles. The predicted molar refractivity (Wildman–Crippen MR) is 148 cm³/mol. The van der Waals surface area contributed by atoms with Crippen molar-refractivity contribution < 1.29 is 23.6 Å². The molecule has 0 radical (unpaired) electrons. The van der Waals surface area contributed by atoms with Gasteiger partial charge in [-0.05, 0) is 57.6 Å². The lowest BCUT2D eigenvalue weighted by Crippen LogP contribution is -2.58. The predicted octanol–water partition coefficient (Wildman–Crippen LogP) is 3.36. The van der Waals surface area contributed by atoms with E-state index in [1.807, 2.05) is 67.5 Å². The number of benzene rings is 2. The van der Waals surface area contributed by atoms with Gasteiger partial charge in [0.1, 0.15) is 12.7 Å². The number of alkyl halides is 1. The highest BCUT2D eigenvalue weighted by atomic mass is 32.2. The Morgan fingerprint density at radius 2 is 1.67 bits per heavy atom. The van der Waals surface area contributed by atoms with Gasteiger partial charge in [-0.3, -0.25) is 19.3 Å². The lowest BCUT2D eigenvalue weighted by molar-refractivity contribution is -0.133. The number of para-hydroxylation sites is 2. The van der Waals surface area contributed by atoms with E-state index < -0.39 is 36.4 Å². The van der Waals surface area contributed by atoms with Gasteiger partial charge < -0.3 is 20.4 Å². The highest BCUT2D eigenvalue weighted by molar-refractivity contribution is 7.99. The quantitative estimate of drug-likeness (QED) is 0.492. The van der Waals surface area contributed by atoms with Gasteiger partial charge in [0.15, 0.2) is 5.78 Å². The van der Waals surface area contributed by atoms with E-state index >= 15 is 0 Å². The Morgan fingerprint density at radius 3 is 2.28 bits per heavy atom. The van der Waals surface area contributed by atoms with Crippen LogP contribution in [0.4, 0.5) is 20.6 Å². The van der Waals surface area contributed by atoms with Gasteiger partial charge in [0.2, 0.25) is 11.8 Å². The van der Waals surface area contributed by atoms with E-state index in [0.717, 1.165) is 34.0 Å². The SMILES string of the molecule is CN(C)CCNC(=O)CC(NC(=O)C1CCCCN1C(=O)N1c2ccccc2Sc2ccccc21)C(=O)CF. The molecule has 2 aliphatic heterocycles. The number of likely N-dealkylation sites (N-methyl/N-ethyl adjacent to an activating group) is 1. The van der Waals surface area contributed by atoms with Gasteiger partial charge in [-0.1, -0.05) is 36.0 Å². The van der Waals surface area contributed by atoms with Crippen LogP contribution in [0.15, 0.2) is 58.3 Å². The van der Waals surface area contributed by atoms with E-state index in [-0.39, 0.29) is 12.5 Å². The summed E-state index contributed by atoms with van der Waals surface area (Å²) in [6.07, 6.45) is 1.47. The summed E-state index contributed by atoms with van der Waals surface area (Å²) in [4.78, 5) is 59.2. The normalized spacial score (nSPS) is 17.2. The summed E-state index contributed by atoms with van der Waals surface area (Å²) in [5, 5.41) is 5.26. The fourth-order valence-corrected chi connectivity index (χ4v) is 5.81. The van der Waals surface area contributed by atoms with Crippen LogP contribution in [0.5, 0.6) is 0 Å². The molecule has 2 heterocycles. The maximum Gasteiger partial charge on any atom is 0.329 e. The molecule has 4 rings (SSSR count). The number of hydrogen-bond donors (Lipinski definition) is 2. The number of anilines is 2. The molecule has 2 aromatic rings. The second kappa shape index (κ2) is 13.1. The van der Waals surface area contributed by atoms with Crippen molar-refractivity contribution >= 4 is 46.8 Å². The van der Waals surface area contributed by atoms with Gasteiger partial charge in [-0.15, -0.1) is 0 Å². The molecule has 11 heteroatoms. The number of halogens is 1. The maximum absolute atomic E-state index is 14.1. The third-order valence-electron chi connectivity index (χ3n) is 6.78. The Balaban J connectivity index is 1.53. The van der Waals surface area contributed by atoms with E-state index in [0.29, 0.717) is 26.1 Å². The fraction of sp³-hybridized carbons (Fsp3) is 0.429. The number of nitrogens with one attached hydrogen (secondary N) is 2. The maximum atomic E-state index is 14.1. The Labute approximate surface area is 232 Å². The highest BCUT2D eigenvalue weighted by Gasteiger charge is 2.39. The summed E-state index contributed by atoms with van der Waals surface area (Å²) >= 11 is 1.58. The number of hydrogen-bond acceptors (Lipinski definition) is 6. The van der Waals surface area contributed by atoms with Crippen molar-refractivity contribution in [3.63, 3.8) is 0 Å². The second-order valence-corrected chi connectivity index (χ2v) is 11.0. The van der Waals surface area contributed by atoms with Crippen LogP contribution in [0, 0.1) is 0 Å². The third kappa shape index (κ3) is 6.77. The van der Waals surface area contributed by atoms with Crippen LogP contribution in [0.25, 0.3) is 0 Å². The van der Waals surface area contributed by atoms with Crippen LogP contribution in [0.2, 0.25) is 0 Å². The number of urea groups is 1. The van der Waals surface area contributed by atoms with Crippen molar-refractivity contribution in [1.29, 1.82) is 0 Å². The lowest BCUT2D eigenvalue weighted by atomic mass is 10.00.